The Morgan fingerprint density at radius 1 is 1.25 bits per heavy atom. The summed E-state index contributed by atoms with van der Waals surface area (Å²) in [4.78, 5) is 4.14. The molecular weight excluding hydrogens is 292 g/mol. The molecular formula is C12H8BrClFN. The fraction of sp³-hybridized carbons (Fsp3) is 0.0833. The normalized spacial score (nSPS) is 12.4. The Hall–Kier alpha value is -0.930. The van der Waals surface area contributed by atoms with E-state index in [4.69, 9.17) is 11.6 Å². The molecule has 0 spiro atoms. The van der Waals surface area contributed by atoms with Gasteiger partial charge in [0.25, 0.3) is 0 Å². The molecule has 0 aliphatic carbocycles. The second kappa shape index (κ2) is 4.93. The summed E-state index contributed by atoms with van der Waals surface area (Å²) in [7, 11) is 0. The van der Waals surface area contributed by atoms with E-state index in [-0.39, 0.29) is 5.82 Å². The van der Waals surface area contributed by atoms with Gasteiger partial charge in [-0.05, 0) is 45.8 Å². The zero-order chi connectivity index (χ0) is 11.5. The molecule has 16 heavy (non-hydrogen) atoms. The van der Waals surface area contributed by atoms with E-state index in [9.17, 15) is 4.39 Å². The van der Waals surface area contributed by atoms with Crippen molar-refractivity contribution in [3.05, 3.63) is 64.1 Å². The molecule has 1 unspecified atom stereocenters. The van der Waals surface area contributed by atoms with Crippen molar-refractivity contribution in [2.24, 2.45) is 0 Å². The fourth-order valence-corrected chi connectivity index (χ4v) is 1.88. The molecule has 2 rings (SSSR count). The summed E-state index contributed by atoms with van der Waals surface area (Å²) in [6, 6.07) is 10.3. The van der Waals surface area contributed by atoms with Crippen molar-refractivity contribution in [3.63, 3.8) is 0 Å². The van der Waals surface area contributed by atoms with Crippen LogP contribution in [0.25, 0.3) is 0 Å². The lowest BCUT2D eigenvalue weighted by atomic mass is 10.1. The SMILES string of the molecule is Fc1cc(C(Cl)c2ccccn2)ccc1Br. The summed E-state index contributed by atoms with van der Waals surface area (Å²) in [6.07, 6.45) is 1.67. The summed E-state index contributed by atoms with van der Waals surface area (Å²) in [5, 5.41) is -0.427. The van der Waals surface area contributed by atoms with Crippen LogP contribution in [0.4, 0.5) is 4.39 Å². The fourth-order valence-electron chi connectivity index (χ4n) is 1.37. The van der Waals surface area contributed by atoms with E-state index in [1.165, 1.54) is 6.07 Å². The minimum Gasteiger partial charge on any atom is -0.259 e. The van der Waals surface area contributed by atoms with Crippen LogP contribution in [0.15, 0.2) is 47.1 Å². The second-order valence-electron chi connectivity index (χ2n) is 3.29. The van der Waals surface area contributed by atoms with Gasteiger partial charge in [0, 0.05) is 6.20 Å². The molecule has 0 amide bonds. The summed E-state index contributed by atoms with van der Waals surface area (Å²) in [5.74, 6) is -0.320. The summed E-state index contributed by atoms with van der Waals surface area (Å²) in [5.41, 5.74) is 1.41. The highest BCUT2D eigenvalue weighted by Crippen LogP contribution is 2.29. The maximum Gasteiger partial charge on any atom is 0.137 e. The van der Waals surface area contributed by atoms with Crippen LogP contribution >= 0.6 is 27.5 Å². The van der Waals surface area contributed by atoms with E-state index in [1.54, 1.807) is 18.3 Å². The van der Waals surface area contributed by atoms with Crippen LogP contribution in [0.5, 0.6) is 0 Å². The van der Waals surface area contributed by atoms with Crippen molar-refractivity contribution in [2.75, 3.05) is 0 Å². The predicted octanol–water partition coefficient (Wildman–Crippen LogP) is 4.31. The molecule has 1 aromatic carbocycles. The van der Waals surface area contributed by atoms with Crippen LogP contribution in [0, 0.1) is 5.82 Å². The lowest BCUT2D eigenvalue weighted by molar-refractivity contribution is 0.619. The Kier molecular flexibility index (Phi) is 3.56. The second-order valence-corrected chi connectivity index (χ2v) is 4.58. The highest BCUT2D eigenvalue weighted by Gasteiger charge is 2.13. The smallest absolute Gasteiger partial charge is 0.137 e. The van der Waals surface area contributed by atoms with Crippen LogP contribution in [-0.2, 0) is 0 Å². The molecule has 4 heteroatoms. The van der Waals surface area contributed by atoms with Crippen molar-refractivity contribution in [3.8, 4) is 0 Å². The Labute approximate surface area is 106 Å². The number of alkyl halides is 1. The van der Waals surface area contributed by atoms with Crippen molar-refractivity contribution < 1.29 is 4.39 Å². The zero-order valence-corrected chi connectivity index (χ0v) is 10.5. The number of halogens is 3. The number of pyridine rings is 1. The first-order valence-electron chi connectivity index (χ1n) is 4.68. The van der Waals surface area contributed by atoms with Crippen LogP contribution in [0.2, 0.25) is 0 Å². The van der Waals surface area contributed by atoms with Gasteiger partial charge in [0.05, 0.1) is 10.2 Å². The first-order chi connectivity index (χ1) is 7.68. The van der Waals surface area contributed by atoms with Gasteiger partial charge in [-0.3, -0.25) is 4.98 Å². The standard InChI is InChI=1S/C12H8BrClFN/c13-9-5-4-8(7-10(9)15)12(14)11-3-1-2-6-16-11/h1-7,12H. The molecule has 0 aliphatic heterocycles. The highest BCUT2D eigenvalue weighted by atomic mass is 79.9. The van der Waals surface area contributed by atoms with Crippen molar-refractivity contribution in [1.29, 1.82) is 0 Å². The third kappa shape index (κ3) is 2.42. The third-order valence-electron chi connectivity index (χ3n) is 2.18. The molecule has 0 bridgehead atoms. The lowest BCUT2D eigenvalue weighted by Crippen LogP contribution is -1.96. The molecule has 2 aromatic rings. The summed E-state index contributed by atoms with van der Waals surface area (Å²) >= 11 is 9.31. The molecule has 0 saturated carbocycles. The zero-order valence-electron chi connectivity index (χ0n) is 8.20. The molecule has 0 radical (unpaired) electrons. The van der Waals surface area contributed by atoms with Gasteiger partial charge in [-0.15, -0.1) is 11.6 Å². The first-order valence-corrected chi connectivity index (χ1v) is 5.91. The quantitative estimate of drug-likeness (QED) is 0.753. The Morgan fingerprint density at radius 2 is 2.06 bits per heavy atom. The van der Waals surface area contributed by atoms with Crippen LogP contribution in [-0.4, -0.2) is 4.98 Å². The van der Waals surface area contributed by atoms with E-state index in [0.717, 1.165) is 0 Å². The van der Waals surface area contributed by atoms with E-state index in [0.29, 0.717) is 15.7 Å². The molecule has 1 heterocycles. The number of nitrogens with zero attached hydrogens (tertiary/aromatic N) is 1. The van der Waals surface area contributed by atoms with Gasteiger partial charge in [-0.1, -0.05) is 12.1 Å². The van der Waals surface area contributed by atoms with Gasteiger partial charge in [0.15, 0.2) is 0 Å². The molecule has 1 aromatic heterocycles. The number of benzene rings is 1. The molecule has 0 saturated heterocycles. The van der Waals surface area contributed by atoms with Gasteiger partial charge >= 0.3 is 0 Å². The van der Waals surface area contributed by atoms with Crippen molar-refractivity contribution in [2.45, 2.75) is 5.38 Å². The number of hydrogen-bond acceptors (Lipinski definition) is 1. The number of hydrogen-bond donors (Lipinski definition) is 0. The summed E-state index contributed by atoms with van der Waals surface area (Å²) < 4.78 is 13.8. The van der Waals surface area contributed by atoms with Crippen LogP contribution in [0.3, 0.4) is 0 Å². The highest BCUT2D eigenvalue weighted by molar-refractivity contribution is 9.10. The van der Waals surface area contributed by atoms with Gasteiger partial charge in [-0.2, -0.15) is 0 Å². The summed E-state index contributed by atoms with van der Waals surface area (Å²) in [6.45, 7) is 0. The molecule has 1 atom stereocenters. The minimum absolute atomic E-state index is 0.320. The average molecular weight is 301 g/mol. The number of aromatic nitrogens is 1. The minimum atomic E-state index is -0.427. The Morgan fingerprint density at radius 3 is 2.69 bits per heavy atom. The third-order valence-corrected chi connectivity index (χ3v) is 3.30. The van der Waals surface area contributed by atoms with Crippen molar-refractivity contribution >= 4 is 27.5 Å². The van der Waals surface area contributed by atoms with E-state index >= 15 is 0 Å². The maximum atomic E-state index is 13.3. The lowest BCUT2D eigenvalue weighted by Gasteiger charge is -2.09. The van der Waals surface area contributed by atoms with E-state index in [1.807, 2.05) is 18.2 Å². The predicted molar refractivity (Wildman–Crippen MR) is 66.0 cm³/mol. The topological polar surface area (TPSA) is 12.9 Å². The Bertz CT molecular complexity index is 490. The van der Waals surface area contributed by atoms with Gasteiger partial charge in [0.1, 0.15) is 11.2 Å². The van der Waals surface area contributed by atoms with Crippen LogP contribution in [0.1, 0.15) is 16.6 Å². The number of rotatable bonds is 2. The average Bonchev–Trinajstić information content (AvgIpc) is 2.33. The Balaban J connectivity index is 2.34. The molecule has 82 valence electrons. The van der Waals surface area contributed by atoms with Gasteiger partial charge < -0.3 is 0 Å². The first kappa shape index (κ1) is 11.6. The largest absolute Gasteiger partial charge is 0.259 e. The van der Waals surface area contributed by atoms with Crippen LogP contribution < -0.4 is 0 Å². The molecule has 0 aliphatic rings. The maximum absolute atomic E-state index is 13.3. The van der Waals surface area contributed by atoms with Gasteiger partial charge in [-0.25, -0.2) is 4.39 Å². The van der Waals surface area contributed by atoms with E-state index in [2.05, 4.69) is 20.9 Å². The van der Waals surface area contributed by atoms with Crippen molar-refractivity contribution in [1.82, 2.24) is 4.98 Å². The molecule has 0 N–H and O–H groups in total. The molecule has 0 fully saturated rings. The monoisotopic (exact) mass is 299 g/mol. The van der Waals surface area contributed by atoms with E-state index < -0.39 is 5.38 Å². The van der Waals surface area contributed by atoms with Gasteiger partial charge in [0.2, 0.25) is 0 Å². The molecule has 1 nitrogen and oxygen atoms in total.